The lowest BCUT2D eigenvalue weighted by Gasteiger charge is -2.08. The molecular formula is C19H15ClN6O2. The fourth-order valence-electron chi connectivity index (χ4n) is 3.13. The van der Waals surface area contributed by atoms with Gasteiger partial charge in [-0.3, -0.25) is 15.1 Å². The van der Waals surface area contributed by atoms with E-state index in [1.165, 1.54) is 12.3 Å². The van der Waals surface area contributed by atoms with Gasteiger partial charge < -0.3 is 4.90 Å². The van der Waals surface area contributed by atoms with E-state index in [-0.39, 0.29) is 11.2 Å². The molecule has 9 heteroatoms. The van der Waals surface area contributed by atoms with Crippen LogP contribution < -0.4 is 0 Å². The number of halogens is 1. The van der Waals surface area contributed by atoms with E-state index >= 15 is 0 Å². The summed E-state index contributed by atoms with van der Waals surface area (Å²) in [5, 5.41) is 20.9. The Kier molecular flexibility index (Phi) is 4.58. The third-order valence-corrected chi connectivity index (χ3v) is 4.62. The predicted molar refractivity (Wildman–Crippen MR) is 107 cm³/mol. The summed E-state index contributed by atoms with van der Waals surface area (Å²) in [6, 6.07) is 8.71. The zero-order valence-electron chi connectivity index (χ0n) is 15.1. The molecule has 8 nitrogen and oxygen atoms in total. The lowest BCUT2D eigenvalue weighted by molar-refractivity contribution is -0.383. The first kappa shape index (κ1) is 18.1. The first-order valence-corrected chi connectivity index (χ1v) is 8.81. The summed E-state index contributed by atoms with van der Waals surface area (Å²) in [5.41, 5.74) is 2.51. The minimum atomic E-state index is -0.472. The van der Waals surface area contributed by atoms with Gasteiger partial charge in [-0.2, -0.15) is 5.10 Å². The lowest BCUT2D eigenvalue weighted by Crippen LogP contribution is -2.11. The summed E-state index contributed by atoms with van der Waals surface area (Å²) in [7, 11) is 3.86. The van der Waals surface area contributed by atoms with Gasteiger partial charge in [0.05, 0.1) is 39.6 Å². The van der Waals surface area contributed by atoms with E-state index in [0.29, 0.717) is 44.8 Å². The molecule has 0 saturated heterocycles. The number of benzene rings is 2. The van der Waals surface area contributed by atoms with Crippen LogP contribution in [-0.4, -0.2) is 44.1 Å². The molecule has 4 rings (SSSR count). The van der Waals surface area contributed by atoms with Crippen LogP contribution in [0.4, 0.5) is 5.69 Å². The van der Waals surface area contributed by atoms with Gasteiger partial charge >= 0.3 is 0 Å². The van der Waals surface area contributed by atoms with E-state index < -0.39 is 4.92 Å². The van der Waals surface area contributed by atoms with Gasteiger partial charge in [0.2, 0.25) is 0 Å². The maximum atomic E-state index is 11.6. The van der Waals surface area contributed by atoms with Gasteiger partial charge in [0.1, 0.15) is 0 Å². The maximum Gasteiger partial charge on any atom is 0.298 e. The Hall–Kier alpha value is -3.23. The summed E-state index contributed by atoms with van der Waals surface area (Å²) >= 11 is 6.43. The Bertz CT molecular complexity index is 1230. The number of nitro benzene ring substituents is 1. The van der Waals surface area contributed by atoms with E-state index in [9.17, 15) is 10.1 Å². The van der Waals surface area contributed by atoms with Crippen LogP contribution in [0, 0.1) is 10.1 Å². The molecule has 0 fully saturated rings. The second kappa shape index (κ2) is 7.06. The average molecular weight is 395 g/mol. The molecule has 0 aliphatic rings. The normalized spacial score (nSPS) is 11.4. The van der Waals surface area contributed by atoms with Crippen molar-refractivity contribution in [3.05, 3.63) is 63.6 Å². The highest BCUT2D eigenvalue weighted by Crippen LogP contribution is 2.37. The molecule has 0 amide bonds. The third kappa shape index (κ3) is 3.12. The van der Waals surface area contributed by atoms with Crippen LogP contribution in [0.2, 0.25) is 5.02 Å². The number of non-ortho nitro benzene ring substituents is 1. The van der Waals surface area contributed by atoms with Crippen molar-refractivity contribution >= 4 is 39.1 Å². The second-order valence-electron chi connectivity index (χ2n) is 6.58. The average Bonchev–Trinajstić information content (AvgIpc) is 3.06. The summed E-state index contributed by atoms with van der Waals surface area (Å²) < 4.78 is 0. The Morgan fingerprint density at radius 1 is 1.14 bits per heavy atom. The number of fused-ring (bicyclic) bond motifs is 3. The van der Waals surface area contributed by atoms with Crippen molar-refractivity contribution in [1.29, 1.82) is 0 Å². The first-order valence-electron chi connectivity index (χ1n) is 8.43. The van der Waals surface area contributed by atoms with Gasteiger partial charge in [0.25, 0.3) is 5.69 Å². The van der Waals surface area contributed by atoms with Gasteiger partial charge in [-0.05, 0) is 20.2 Å². The van der Waals surface area contributed by atoms with Crippen LogP contribution in [-0.2, 0) is 6.54 Å². The topological polar surface area (TPSA) is 97.9 Å². The molecule has 0 bridgehead atoms. The highest BCUT2D eigenvalue weighted by atomic mass is 35.5. The molecule has 0 atom stereocenters. The number of nitro groups is 1. The summed E-state index contributed by atoms with van der Waals surface area (Å²) in [6.07, 6.45) is 3.15. The summed E-state index contributed by atoms with van der Waals surface area (Å²) in [6.45, 7) is 0.550. The van der Waals surface area contributed by atoms with E-state index in [1.807, 2.05) is 37.2 Å². The minimum Gasteiger partial charge on any atom is -0.304 e. The molecule has 0 radical (unpaired) electrons. The zero-order chi connectivity index (χ0) is 19.8. The molecule has 2 aromatic heterocycles. The number of hydrogen-bond acceptors (Lipinski definition) is 7. The quantitative estimate of drug-likeness (QED) is 0.382. The number of hydrogen-bond donors (Lipinski definition) is 0. The van der Waals surface area contributed by atoms with Gasteiger partial charge in [0, 0.05) is 28.6 Å². The molecule has 28 heavy (non-hydrogen) atoms. The fraction of sp³-hybridized carbons (Fsp3) is 0.158. The molecule has 140 valence electrons. The van der Waals surface area contributed by atoms with Gasteiger partial charge in [-0.1, -0.05) is 29.8 Å². The molecule has 2 heterocycles. The summed E-state index contributed by atoms with van der Waals surface area (Å²) in [5.74, 6) is 0. The molecule has 0 unspecified atom stereocenters. The van der Waals surface area contributed by atoms with Crippen LogP contribution in [0.25, 0.3) is 33.1 Å². The van der Waals surface area contributed by atoms with Gasteiger partial charge in [-0.25, -0.2) is 4.98 Å². The Morgan fingerprint density at radius 3 is 2.64 bits per heavy atom. The van der Waals surface area contributed by atoms with Crippen molar-refractivity contribution in [2.45, 2.75) is 6.54 Å². The largest absolute Gasteiger partial charge is 0.304 e. The molecule has 0 aliphatic carbocycles. The van der Waals surface area contributed by atoms with Crippen LogP contribution in [0.1, 0.15) is 5.69 Å². The standard InChI is InChI=1S/C19H15ClN6O2/c1-25(2)10-11-8-21-17-13(18(23-11)12-5-3-4-6-15(12)20)7-16(26(27)28)19-14(17)9-22-24-19/h3-9H,10H2,1-2H3. The maximum absolute atomic E-state index is 11.6. The highest BCUT2D eigenvalue weighted by molar-refractivity contribution is 6.33. The SMILES string of the molecule is CN(C)Cc1cnc2c(cc([N+](=O)[O-])c3nncc32)c(-c2ccccc2Cl)n1. The van der Waals surface area contributed by atoms with Crippen molar-refractivity contribution in [3.63, 3.8) is 0 Å². The van der Waals surface area contributed by atoms with Crippen LogP contribution >= 0.6 is 11.6 Å². The number of rotatable bonds is 4. The molecule has 4 aromatic rings. The molecule has 0 aliphatic heterocycles. The van der Waals surface area contributed by atoms with Crippen molar-refractivity contribution in [3.8, 4) is 11.3 Å². The monoisotopic (exact) mass is 394 g/mol. The molecule has 0 spiro atoms. The van der Waals surface area contributed by atoms with Gasteiger partial charge in [-0.15, -0.1) is 5.10 Å². The van der Waals surface area contributed by atoms with Crippen molar-refractivity contribution in [1.82, 2.24) is 25.1 Å². The van der Waals surface area contributed by atoms with E-state index in [4.69, 9.17) is 16.6 Å². The Balaban J connectivity index is 2.19. The van der Waals surface area contributed by atoms with Crippen molar-refractivity contribution < 1.29 is 4.92 Å². The van der Waals surface area contributed by atoms with E-state index in [2.05, 4.69) is 15.2 Å². The zero-order valence-corrected chi connectivity index (χ0v) is 15.9. The molecule has 0 saturated carbocycles. The predicted octanol–water partition coefficient (Wildman–Crippen LogP) is 3.86. The molecule has 0 N–H and O–H groups in total. The highest BCUT2D eigenvalue weighted by Gasteiger charge is 2.21. The Morgan fingerprint density at radius 2 is 1.93 bits per heavy atom. The van der Waals surface area contributed by atoms with E-state index in [0.717, 1.165) is 0 Å². The molecule has 2 aromatic carbocycles. The minimum absolute atomic E-state index is 0.141. The van der Waals surface area contributed by atoms with Crippen LogP contribution in [0.3, 0.4) is 0 Å². The fourth-order valence-corrected chi connectivity index (χ4v) is 3.35. The summed E-state index contributed by atoms with van der Waals surface area (Å²) in [4.78, 5) is 22.5. The number of nitrogens with zero attached hydrogens (tertiary/aromatic N) is 6. The first-order chi connectivity index (χ1) is 13.5. The van der Waals surface area contributed by atoms with Gasteiger partial charge in [0.15, 0.2) is 5.52 Å². The number of aromatic nitrogens is 4. The van der Waals surface area contributed by atoms with Crippen LogP contribution in [0.5, 0.6) is 0 Å². The Labute approximate surface area is 165 Å². The van der Waals surface area contributed by atoms with Crippen molar-refractivity contribution in [2.24, 2.45) is 0 Å². The lowest BCUT2D eigenvalue weighted by atomic mass is 10.0. The third-order valence-electron chi connectivity index (χ3n) is 4.29. The smallest absolute Gasteiger partial charge is 0.298 e. The second-order valence-corrected chi connectivity index (χ2v) is 6.99. The van der Waals surface area contributed by atoms with E-state index in [1.54, 1.807) is 12.3 Å². The molecular weight excluding hydrogens is 380 g/mol. The van der Waals surface area contributed by atoms with Crippen LogP contribution in [0.15, 0.2) is 42.7 Å². The van der Waals surface area contributed by atoms with Crippen molar-refractivity contribution in [2.75, 3.05) is 14.1 Å².